The van der Waals surface area contributed by atoms with Crippen LogP contribution >= 0.6 is 11.3 Å². The van der Waals surface area contributed by atoms with E-state index in [0.717, 1.165) is 13.1 Å². The van der Waals surface area contributed by atoms with Crippen LogP contribution in [-0.4, -0.2) is 13.7 Å². The summed E-state index contributed by atoms with van der Waals surface area (Å²) in [5, 5.41) is 5.44. The van der Waals surface area contributed by atoms with Gasteiger partial charge < -0.3 is 10.1 Å². The molecule has 11 heavy (non-hydrogen) atoms. The van der Waals surface area contributed by atoms with Crippen molar-refractivity contribution in [3.05, 3.63) is 21.9 Å². The van der Waals surface area contributed by atoms with E-state index < -0.39 is 0 Å². The van der Waals surface area contributed by atoms with Crippen LogP contribution in [-0.2, 0) is 11.3 Å². The number of methoxy groups -OCH3 is 1. The van der Waals surface area contributed by atoms with E-state index in [4.69, 9.17) is 4.74 Å². The maximum atomic E-state index is 5.32. The van der Waals surface area contributed by atoms with Gasteiger partial charge in [0.1, 0.15) is 6.10 Å². The summed E-state index contributed by atoms with van der Waals surface area (Å²) >= 11 is 1.79. The highest BCUT2D eigenvalue weighted by atomic mass is 32.1. The first-order valence-corrected chi connectivity index (χ1v) is 4.59. The molecule has 2 nitrogen and oxygen atoms in total. The fraction of sp³-hybridized carbons (Fsp3) is 0.500. The van der Waals surface area contributed by atoms with E-state index in [1.165, 1.54) is 10.4 Å². The van der Waals surface area contributed by atoms with Gasteiger partial charge in [-0.15, -0.1) is 11.3 Å². The fourth-order valence-electron chi connectivity index (χ4n) is 1.40. The van der Waals surface area contributed by atoms with E-state index in [9.17, 15) is 0 Å². The summed E-state index contributed by atoms with van der Waals surface area (Å²) < 4.78 is 5.32. The SMILES string of the molecule is COC1CNCc2ccsc21. The third-order valence-electron chi connectivity index (χ3n) is 2.00. The Hall–Kier alpha value is -0.380. The number of rotatable bonds is 1. The highest BCUT2D eigenvalue weighted by molar-refractivity contribution is 7.10. The third-order valence-corrected chi connectivity index (χ3v) is 3.05. The number of hydrogen-bond donors (Lipinski definition) is 1. The van der Waals surface area contributed by atoms with Crippen LogP contribution in [0.5, 0.6) is 0 Å². The van der Waals surface area contributed by atoms with Crippen LogP contribution < -0.4 is 5.32 Å². The Morgan fingerprint density at radius 2 is 2.64 bits per heavy atom. The zero-order valence-corrected chi connectivity index (χ0v) is 7.28. The summed E-state index contributed by atoms with van der Waals surface area (Å²) in [7, 11) is 1.77. The zero-order chi connectivity index (χ0) is 7.68. The molecule has 1 N–H and O–H groups in total. The first-order valence-electron chi connectivity index (χ1n) is 3.71. The molecule has 1 unspecified atom stereocenters. The minimum Gasteiger partial charge on any atom is -0.375 e. The molecule has 0 radical (unpaired) electrons. The average molecular weight is 169 g/mol. The summed E-state index contributed by atoms with van der Waals surface area (Å²) in [5.74, 6) is 0. The topological polar surface area (TPSA) is 21.3 Å². The van der Waals surface area contributed by atoms with Gasteiger partial charge in [0.2, 0.25) is 0 Å². The van der Waals surface area contributed by atoms with Crippen molar-refractivity contribution in [1.82, 2.24) is 5.32 Å². The normalized spacial score (nSPS) is 23.2. The van der Waals surface area contributed by atoms with Gasteiger partial charge in [-0.3, -0.25) is 0 Å². The molecule has 2 heterocycles. The lowest BCUT2D eigenvalue weighted by molar-refractivity contribution is 0.0988. The van der Waals surface area contributed by atoms with Gasteiger partial charge in [0.05, 0.1) is 0 Å². The second-order valence-electron chi connectivity index (χ2n) is 2.67. The molecule has 0 aliphatic carbocycles. The van der Waals surface area contributed by atoms with Crippen molar-refractivity contribution in [3.8, 4) is 0 Å². The standard InChI is InChI=1S/C8H11NOS/c1-10-7-5-9-4-6-2-3-11-8(6)7/h2-3,7,9H,4-5H2,1H3. The van der Waals surface area contributed by atoms with Crippen LogP contribution in [0.15, 0.2) is 11.4 Å². The second-order valence-corrected chi connectivity index (χ2v) is 3.61. The molecule has 0 bridgehead atoms. The van der Waals surface area contributed by atoms with Gasteiger partial charge in [-0.25, -0.2) is 0 Å². The Morgan fingerprint density at radius 1 is 1.73 bits per heavy atom. The molecule has 1 aliphatic rings. The van der Waals surface area contributed by atoms with Gasteiger partial charge in [0.25, 0.3) is 0 Å². The van der Waals surface area contributed by atoms with Crippen LogP contribution in [0.1, 0.15) is 16.5 Å². The second kappa shape index (κ2) is 2.93. The molecule has 0 amide bonds. The smallest absolute Gasteiger partial charge is 0.104 e. The lowest BCUT2D eigenvalue weighted by Crippen LogP contribution is -2.27. The zero-order valence-electron chi connectivity index (χ0n) is 6.46. The van der Waals surface area contributed by atoms with Gasteiger partial charge in [0, 0.05) is 25.1 Å². The van der Waals surface area contributed by atoms with Gasteiger partial charge in [-0.1, -0.05) is 0 Å². The lowest BCUT2D eigenvalue weighted by atomic mass is 10.1. The molecule has 0 fully saturated rings. The predicted octanol–water partition coefficient (Wildman–Crippen LogP) is 1.54. The van der Waals surface area contributed by atoms with Crippen LogP contribution in [0.2, 0.25) is 0 Å². The highest BCUT2D eigenvalue weighted by Crippen LogP contribution is 2.29. The van der Waals surface area contributed by atoms with Crippen LogP contribution in [0, 0.1) is 0 Å². The van der Waals surface area contributed by atoms with Gasteiger partial charge in [0.15, 0.2) is 0 Å². The van der Waals surface area contributed by atoms with Crippen molar-refractivity contribution in [1.29, 1.82) is 0 Å². The first-order chi connectivity index (χ1) is 5.42. The van der Waals surface area contributed by atoms with Crippen LogP contribution in [0.4, 0.5) is 0 Å². The maximum absolute atomic E-state index is 5.32. The van der Waals surface area contributed by atoms with E-state index in [0.29, 0.717) is 0 Å². The average Bonchev–Trinajstić information content (AvgIpc) is 2.50. The molecule has 1 atom stereocenters. The largest absolute Gasteiger partial charge is 0.375 e. The van der Waals surface area contributed by atoms with Crippen molar-refractivity contribution in [3.63, 3.8) is 0 Å². The Kier molecular flexibility index (Phi) is 1.94. The summed E-state index contributed by atoms with van der Waals surface area (Å²) in [5.41, 5.74) is 1.40. The Labute approximate surface area is 70.2 Å². The Balaban J connectivity index is 2.32. The van der Waals surface area contributed by atoms with Gasteiger partial charge >= 0.3 is 0 Å². The number of ether oxygens (including phenoxy) is 1. The summed E-state index contributed by atoms with van der Waals surface area (Å²) in [6.45, 7) is 1.95. The summed E-state index contributed by atoms with van der Waals surface area (Å²) in [6.07, 6.45) is 0.277. The highest BCUT2D eigenvalue weighted by Gasteiger charge is 2.19. The Bertz CT molecular complexity index is 246. The molecular formula is C8H11NOS. The lowest BCUT2D eigenvalue weighted by Gasteiger charge is -2.21. The van der Waals surface area contributed by atoms with Crippen molar-refractivity contribution in [2.45, 2.75) is 12.6 Å². The van der Waals surface area contributed by atoms with Crippen molar-refractivity contribution >= 4 is 11.3 Å². The first kappa shape index (κ1) is 7.28. The molecular weight excluding hydrogens is 158 g/mol. The van der Waals surface area contributed by atoms with Crippen molar-refractivity contribution in [2.75, 3.05) is 13.7 Å². The van der Waals surface area contributed by atoms with Crippen molar-refractivity contribution in [2.24, 2.45) is 0 Å². The molecule has 0 spiro atoms. The monoisotopic (exact) mass is 169 g/mol. The van der Waals surface area contributed by atoms with Gasteiger partial charge in [-0.05, 0) is 17.0 Å². The molecule has 1 aliphatic heterocycles. The van der Waals surface area contributed by atoms with E-state index in [2.05, 4.69) is 16.8 Å². The number of nitrogens with one attached hydrogen (secondary N) is 1. The van der Waals surface area contributed by atoms with Crippen LogP contribution in [0.3, 0.4) is 0 Å². The minimum absolute atomic E-state index is 0.277. The summed E-state index contributed by atoms with van der Waals surface area (Å²) in [4.78, 5) is 1.39. The molecule has 2 rings (SSSR count). The molecule has 1 aromatic rings. The van der Waals surface area contributed by atoms with Crippen LogP contribution in [0.25, 0.3) is 0 Å². The molecule has 0 saturated carbocycles. The van der Waals surface area contributed by atoms with E-state index >= 15 is 0 Å². The summed E-state index contributed by atoms with van der Waals surface area (Å²) in [6, 6.07) is 2.16. The molecule has 60 valence electrons. The van der Waals surface area contributed by atoms with Gasteiger partial charge in [-0.2, -0.15) is 0 Å². The number of hydrogen-bond acceptors (Lipinski definition) is 3. The Morgan fingerprint density at radius 3 is 3.45 bits per heavy atom. The molecule has 0 saturated heterocycles. The van der Waals surface area contributed by atoms with E-state index in [-0.39, 0.29) is 6.10 Å². The molecule has 3 heteroatoms. The van der Waals surface area contributed by atoms with E-state index in [1.807, 2.05) is 0 Å². The fourth-order valence-corrected chi connectivity index (χ4v) is 2.40. The quantitative estimate of drug-likeness (QED) is 0.688. The maximum Gasteiger partial charge on any atom is 0.104 e. The molecule has 0 aromatic carbocycles. The van der Waals surface area contributed by atoms with Crippen molar-refractivity contribution < 1.29 is 4.74 Å². The predicted molar refractivity (Wildman–Crippen MR) is 45.8 cm³/mol. The molecule has 1 aromatic heterocycles. The number of thiophene rings is 1. The third kappa shape index (κ3) is 1.20. The van der Waals surface area contributed by atoms with E-state index in [1.54, 1.807) is 18.4 Å². The minimum atomic E-state index is 0.277. The number of fused-ring (bicyclic) bond motifs is 1.